The minimum absolute atomic E-state index is 0.220. The lowest BCUT2D eigenvalue weighted by Crippen LogP contribution is -2.22. The minimum atomic E-state index is 0.220. The highest BCUT2D eigenvalue weighted by Crippen LogP contribution is 2.29. The Kier molecular flexibility index (Phi) is 4.74. The number of rotatable bonds is 4. The van der Waals surface area contributed by atoms with E-state index in [1.54, 1.807) is 14.2 Å². The molecule has 19 heavy (non-hydrogen) atoms. The molecule has 3 nitrogen and oxygen atoms in total. The molecule has 0 saturated heterocycles. The first-order valence-corrected chi connectivity index (χ1v) is 6.62. The number of Topliss-reactive ketones (excluding diaryl/α,β-unsaturated/α-hetero) is 1. The van der Waals surface area contributed by atoms with Crippen molar-refractivity contribution >= 4 is 11.9 Å². The van der Waals surface area contributed by atoms with Gasteiger partial charge in [-0.25, -0.2) is 0 Å². The maximum Gasteiger partial charge on any atom is 0.159 e. The minimum Gasteiger partial charge on any atom is -0.497 e. The van der Waals surface area contributed by atoms with Gasteiger partial charge in [0.05, 0.1) is 13.7 Å². The molecule has 1 atom stereocenters. The number of ether oxygens (including phenoxy) is 2. The second-order valence-corrected chi connectivity index (χ2v) is 4.84. The largest absolute Gasteiger partial charge is 0.497 e. The first-order chi connectivity index (χ1) is 9.24. The lowest BCUT2D eigenvalue weighted by atomic mass is 9.83. The van der Waals surface area contributed by atoms with Crippen LogP contribution in [0.3, 0.4) is 0 Å². The summed E-state index contributed by atoms with van der Waals surface area (Å²) in [6.45, 7) is 0.613. The molecule has 1 fully saturated rings. The highest BCUT2D eigenvalue weighted by molar-refractivity contribution is 6.00. The molecule has 0 N–H and O–H groups in total. The molecule has 1 aromatic carbocycles. The molecule has 1 unspecified atom stereocenters. The van der Waals surface area contributed by atoms with Gasteiger partial charge in [0.2, 0.25) is 0 Å². The summed E-state index contributed by atoms with van der Waals surface area (Å²) in [7, 11) is 3.33. The fourth-order valence-electron chi connectivity index (χ4n) is 2.52. The number of carbonyl (C=O) groups is 1. The maximum absolute atomic E-state index is 12.1. The van der Waals surface area contributed by atoms with E-state index in [2.05, 4.69) is 0 Å². The van der Waals surface area contributed by atoms with E-state index >= 15 is 0 Å². The number of carbonyl (C=O) groups excluding carboxylic acids is 1. The van der Waals surface area contributed by atoms with Crippen molar-refractivity contribution in [2.75, 3.05) is 20.8 Å². The average molecular weight is 260 g/mol. The van der Waals surface area contributed by atoms with Gasteiger partial charge in [-0.2, -0.15) is 0 Å². The van der Waals surface area contributed by atoms with Crippen LogP contribution in [0.25, 0.3) is 6.08 Å². The van der Waals surface area contributed by atoms with Crippen LogP contribution in [0.2, 0.25) is 0 Å². The fraction of sp³-hybridized carbons (Fsp3) is 0.438. The highest BCUT2D eigenvalue weighted by atomic mass is 16.5. The van der Waals surface area contributed by atoms with E-state index in [4.69, 9.17) is 9.47 Å². The van der Waals surface area contributed by atoms with Gasteiger partial charge in [-0.15, -0.1) is 0 Å². The van der Waals surface area contributed by atoms with Crippen LogP contribution in [0.5, 0.6) is 5.75 Å². The van der Waals surface area contributed by atoms with E-state index in [-0.39, 0.29) is 11.7 Å². The van der Waals surface area contributed by atoms with E-state index in [0.29, 0.717) is 13.0 Å². The molecule has 0 aromatic heterocycles. The van der Waals surface area contributed by atoms with Gasteiger partial charge in [0.1, 0.15) is 5.75 Å². The van der Waals surface area contributed by atoms with Gasteiger partial charge in [-0.05, 0) is 36.6 Å². The third-order valence-electron chi connectivity index (χ3n) is 3.50. The van der Waals surface area contributed by atoms with E-state index in [1.165, 1.54) is 0 Å². The van der Waals surface area contributed by atoms with E-state index in [1.807, 2.05) is 30.3 Å². The molecule has 0 aliphatic heterocycles. The van der Waals surface area contributed by atoms with Crippen molar-refractivity contribution in [2.45, 2.75) is 19.3 Å². The molecule has 0 heterocycles. The van der Waals surface area contributed by atoms with Crippen LogP contribution in [0.4, 0.5) is 0 Å². The Hall–Kier alpha value is -1.61. The van der Waals surface area contributed by atoms with Gasteiger partial charge in [-0.1, -0.05) is 12.1 Å². The first kappa shape index (κ1) is 13.8. The zero-order valence-electron chi connectivity index (χ0n) is 11.5. The van der Waals surface area contributed by atoms with Crippen LogP contribution in [0.15, 0.2) is 29.8 Å². The second-order valence-electron chi connectivity index (χ2n) is 4.84. The number of ketones is 1. The van der Waals surface area contributed by atoms with Crippen molar-refractivity contribution in [3.05, 3.63) is 35.4 Å². The Morgan fingerprint density at radius 2 is 2.21 bits per heavy atom. The normalized spacial score (nSPS) is 21.7. The Morgan fingerprint density at radius 1 is 1.37 bits per heavy atom. The Bertz CT molecular complexity index is 475. The fourth-order valence-corrected chi connectivity index (χ4v) is 2.52. The second kappa shape index (κ2) is 6.53. The molecule has 3 heteroatoms. The van der Waals surface area contributed by atoms with Crippen LogP contribution >= 0.6 is 0 Å². The molecule has 0 spiro atoms. The predicted molar refractivity (Wildman–Crippen MR) is 75.2 cm³/mol. The Balaban J connectivity index is 2.28. The van der Waals surface area contributed by atoms with Gasteiger partial charge >= 0.3 is 0 Å². The third-order valence-corrected chi connectivity index (χ3v) is 3.50. The highest BCUT2D eigenvalue weighted by Gasteiger charge is 2.25. The van der Waals surface area contributed by atoms with Crippen molar-refractivity contribution in [2.24, 2.45) is 5.92 Å². The standard InChI is InChI=1S/C16H20O3/c1-18-11-13-6-4-8-16(17)15(13)10-12-5-3-7-14(9-12)19-2/h3,5,7,9-10,13H,4,6,8,11H2,1-2H3/b15-10-. The first-order valence-electron chi connectivity index (χ1n) is 6.62. The SMILES string of the molecule is COCC1CCCC(=O)/C1=C\c1cccc(OC)c1. The van der Waals surface area contributed by atoms with Crippen LogP contribution in [-0.2, 0) is 9.53 Å². The third kappa shape index (κ3) is 3.44. The molecule has 1 saturated carbocycles. The van der Waals surface area contributed by atoms with Gasteiger partial charge in [-0.3, -0.25) is 4.79 Å². The van der Waals surface area contributed by atoms with Gasteiger partial charge in [0, 0.05) is 25.0 Å². The summed E-state index contributed by atoms with van der Waals surface area (Å²) in [4.78, 5) is 12.1. The lowest BCUT2D eigenvalue weighted by Gasteiger charge is -2.23. The molecule has 2 rings (SSSR count). The van der Waals surface area contributed by atoms with E-state index < -0.39 is 0 Å². The maximum atomic E-state index is 12.1. The van der Waals surface area contributed by atoms with Crippen LogP contribution in [0.1, 0.15) is 24.8 Å². The van der Waals surface area contributed by atoms with Gasteiger partial charge < -0.3 is 9.47 Å². The van der Waals surface area contributed by atoms with Crippen molar-refractivity contribution in [1.29, 1.82) is 0 Å². The van der Waals surface area contributed by atoms with Crippen LogP contribution < -0.4 is 4.74 Å². The smallest absolute Gasteiger partial charge is 0.159 e. The molecule has 0 amide bonds. The average Bonchev–Trinajstić information content (AvgIpc) is 2.43. The molecular weight excluding hydrogens is 240 g/mol. The van der Waals surface area contributed by atoms with Crippen molar-refractivity contribution in [3.63, 3.8) is 0 Å². The lowest BCUT2D eigenvalue weighted by molar-refractivity contribution is -0.117. The summed E-state index contributed by atoms with van der Waals surface area (Å²) in [6, 6.07) is 7.77. The molecule has 102 valence electrons. The Morgan fingerprint density at radius 3 is 2.95 bits per heavy atom. The summed E-state index contributed by atoms with van der Waals surface area (Å²) in [5.41, 5.74) is 1.90. The van der Waals surface area contributed by atoms with E-state index in [9.17, 15) is 4.79 Å². The quantitative estimate of drug-likeness (QED) is 0.780. The summed E-state index contributed by atoms with van der Waals surface area (Å²) in [5, 5.41) is 0. The van der Waals surface area contributed by atoms with Crippen molar-refractivity contribution in [1.82, 2.24) is 0 Å². The van der Waals surface area contributed by atoms with Gasteiger partial charge in [0.25, 0.3) is 0 Å². The number of benzene rings is 1. The summed E-state index contributed by atoms with van der Waals surface area (Å²) in [5.74, 6) is 1.27. The summed E-state index contributed by atoms with van der Waals surface area (Å²) in [6.07, 6.45) is 4.61. The molecular formula is C16H20O3. The molecule has 1 aromatic rings. The predicted octanol–water partition coefficient (Wildman–Crippen LogP) is 3.09. The topological polar surface area (TPSA) is 35.5 Å². The monoisotopic (exact) mass is 260 g/mol. The zero-order chi connectivity index (χ0) is 13.7. The number of hydrogen-bond acceptors (Lipinski definition) is 3. The van der Waals surface area contributed by atoms with Crippen molar-refractivity contribution in [3.8, 4) is 5.75 Å². The molecule has 1 aliphatic rings. The molecule has 1 aliphatic carbocycles. The number of methoxy groups -OCH3 is 2. The summed E-state index contributed by atoms with van der Waals surface area (Å²) < 4.78 is 10.4. The van der Waals surface area contributed by atoms with Crippen LogP contribution in [0, 0.1) is 5.92 Å². The zero-order valence-corrected chi connectivity index (χ0v) is 11.5. The number of hydrogen-bond donors (Lipinski definition) is 0. The molecule has 0 bridgehead atoms. The summed E-state index contributed by atoms with van der Waals surface area (Å²) >= 11 is 0. The Labute approximate surface area is 114 Å². The van der Waals surface area contributed by atoms with Crippen molar-refractivity contribution < 1.29 is 14.3 Å². The van der Waals surface area contributed by atoms with Crippen LogP contribution in [-0.4, -0.2) is 26.6 Å². The van der Waals surface area contributed by atoms with Gasteiger partial charge in [0.15, 0.2) is 5.78 Å². The van der Waals surface area contributed by atoms with E-state index in [0.717, 1.165) is 29.7 Å². The molecule has 0 radical (unpaired) electrons.